The van der Waals surface area contributed by atoms with Crippen LogP contribution in [0.4, 0.5) is 5.69 Å². The van der Waals surface area contributed by atoms with E-state index in [1.165, 1.54) is 0 Å². The summed E-state index contributed by atoms with van der Waals surface area (Å²) in [6, 6.07) is 6.99. The third-order valence-corrected chi connectivity index (χ3v) is 1.78. The van der Waals surface area contributed by atoms with Gasteiger partial charge in [-0.1, -0.05) is 12.1 Å². The lowest BCUT2D eigenvalue weighted by Crippen LogP contribution is -2.24. The van der Waals surface area contributed by atoms with Crippen molar-refractivity contribution in [3.63, 3.8) is 0 Å². The number of carbonyl (C=O) groups is 2. The van der Waals surface area contributed by atoms with Crippen LogP contribution in [0.25, 0.3) is 0 Å². The van der Waals surface area contributed by atoms with E-state index in [-0.39, 0.29) is 0 Å². The molecule has 0 aliphatic rings. The zero-order chi connectivity index (χ0) is 11.3. The second kappa shape index (κ2) is 4.99. The fraction of sp³-hybridized carbons (Fsp3) is 0.200. The van der Waals surface area contributed by atoms with Gasteiger partial charge in [0.05, 0.1) is 0 Å². The fourth-order valence-electron chi connectivity index (χ4n) is 1.04. The number of amides is 1. The highest BCUT2D eigenvalue weighted by molar-refractivity contribution is 5.93. The highest BCUT2D eigenvalue weighted by atomic mass is 16.4. The quantitative estimate of drug-likeness (QED) is 0.492. The normalized spacial score (nSPS) is 9.60. The molecule has 1 amide bonds. The molecule has 0 aromatic heterocycles. The number of nitrogen functional groups attached to an aromatic ring is 1. The van der Waals surface area contributed by atoms with E-state index in [4.69, 9.17) is 10.8 Å². The van der Waals surface area contributed by atoms with Crippen molar-refractivity contribution in [2.45, 2.75) is 13.0 Å². The Morgan fingerprint density at radius 2 is 1.87 bits per heavy atom. The van der Waals surface area contributed by atoms with Crippen molar-refractivity contribution < 1.29 is 14.7 Å². The molecule has 1 aromatic carbocycles. The van der Waals surface area contributed by atoms with Gasteiger partial charge in [-0.2, -0.15) is 0 Å². The van der Waals surface area contributed by atoms with E-state index >= 15 is 0 Å². The number of nitrogens with two attached hydrogens (primary N) is 1. The van der Waals surface area contributed by atoms with Crippen molar-refractivity contribution in [2.24, 2.45) is 0 Å². The molecular formula is C10H12N2O3. The Morgan fingerprint density at radius 3 is 2.40 bits per heavy atom. The molecular weight excluding hydrogens is 196 g/mol. The Hall–Kier alpha value is -2.04. The standard InChI is InChI=1S/C10H12N2O3/c11-8-3-1-7(2-4-8)6-12-9(13)5-10(14)15/h1-4H,5-6,11H2,(H,12,13)(H,14,15). The molecule has 0 fully saturated rings. The maximum absolute atomic E-state index is 11.0. The van der Waals surface area contributed by atoms with Gasteiger partial charge in [0.15, 0.2) is 0 Å². The largest absolute Gasteiger partial charge is 0.481 e. The molecule has 0 bridgehead atoms. The molecule has 1 rings (SSSR count). The summed E-state index contributed by atoms with van der Waals surface area (Å²) in [5, 5.41) is 10.8. The molecule has 1 aromatic rings. The smallest absolute Gasteiger partial charge is 0.312 e. The molecule has 0 atom stereocenters. The predicted molar refractivity (Wildman–Crippen MR) is 55.0 cm³/mol. The molecule has 0 aliphatic carbocycles. The lowest BCUT2D eigenvalue weighted by Gasteiger charge is -2.03. The summed E-state index contributed by atoms with van der Waals surface area (Å²) in [5.74, 6) is -1.64. The Morgan fingerprint density at radius 1 is 1.27 bits per heavy atom. The first-order valence-electron chi connectivity index (χ1n) is 4.41. The monoisotopic (exact) mass is 208 g/mol. The maximum atomic E-state index is 11.0. The first-order valence-corrected chi connectivity index (χ1v) is 4.41. The van der Waals surface area contributed by atoms with Gasteiger partial charge in [-0.05, 0) is 17.7 Å². The Balaban J connectivity index is 2.40. The summed E-state index contributed by atoms with van der Waals surface area (Å²) >= 11 is 0. The van der Waals surface area contributed by atoms with E-state index in [1.807, 2.05) is 0 Å². The first-order chi connectivity index (χ1) is 7.08. The summed E-state index contributed by atoms with van der Waals surface area (Å²) in [5.41, 5.74) is 7.01. The van der Waals surface area contributed by atoms with Crippen LogP contribution < -0.4 is 11.1 Å². The number of hydrogen-bond acceptors (Lipinski definition) is 3. The highest BCUT2D eigenvalue weighted by Gasteiger charge is 2.06. The van der Waals surface area contributed by atoms with E-state index in [0.717, 1.165) is 5.56 Å². The SMILES string of the molecule is Nc1ccc(CNC(=O)CC(=O)O)cc1. The Bertz CT molecular complexity index is 359. The van der Waals surface area contributed by atoms with Crippen LogP contribution in [0, 0.1) is 0 Å². The van der Waals surface area contributed by atoms with Crippen molar-refractivity contribution in [1.29, 1.82) is 0 Å². The van der Waals surface area contributed by atoms with E-state index < -0.39 is 18.3 Å². The van der Waals surface area contributed by atoms with Crippen molar-refractivity contribution in [3.05, 3.63) is 29.8 Å². The van der Waals surface area contributed by atoms with Crippen LogP contribution in [0.1, 0.15) is 12.0 Å². The van der Waals surface area contributed by atoms with Crippen molar-refractivity contribution >= 4 is 17.6 Å². The number of benzene rings is 1. The number of anilines is 1. The van der Waals surface area contributed by atoms with Gasteiger partial charge in [-0.3, -0.25) is 9.59 Å². The molecule has 0 aliphatic heterocycles. The molecule has 15 heavy (non-hydrogen) atoms. The van der Waals surface area contributed by atoms with Gasteiger partial charge in [0.1, 0.15) is 6.42 Å². The number of aliphatic carboxylic acids is 1. The lowest BCUT2D eigenvalue weighted by molar-refractivity contribution is -0.140. The summed E-state index contributed by atoms with van der Waals surface area (Å²) in [4.78, 5) is 21.2. The van der Waals surface area contributed by atoms with Gasteiger partial charge in [0.2, 0.25) is 5.91 Å². The summed E-state index contributed by atoms with van der Waals surface area (Å²) in [6.45, 7) is 0.312. The fourth-order valence-corrected chi connectivity index (χ4v) is 1.04. The average Bonchev–Trinajstić information content (AvgIpc) is 2.16. The topological polar surface area (TPSA) is 92.4 Å². The highest BCUT2D eigenvalue weighted by Crippen LogP contribution is 2.04. The minimum absolute atomic E-state index is 0.312. The second-order valence-corrected chi connectivity index (χ2v) is 3.09. The number of hydrogen-bond donors (Lipinski definition) is 3. The second-order valence-electron chi connectivity index (χ2n) is 3.09. The molecule has 0 heterocycles. The van der Waals surface area contributed by atoms with E-state index in [0.29, 0.717) is 12.2 Å². The van der Waals surface area contributed by atoms with Crippen LogP contribution in [-0.4, -0.2) is 17.0 Å². The van der Waals surface area contributed by atoms with E-state index in [2.05, 4.69) is 5.32 Å². The Labute approximate surface area is 86.9 Å². The zero-order valence-electron chi connectivity index (χ0n) is 8.06. The van der Waals surface area contributed by atoms with E-state index in [1.54, 1.807) is 24.3 Å². The Kier molecular flexibility index (Phi) is 3.68. The molecule has 5 heteroatoms. The summed E-state index contributed by atoms with van der Waals surface area (Å²) in [7, 11) is 0. The van der Waals surface area contributed by atoms with Crippen LogP contribution in [0.5, 0.6) is 0 Å². The molecule has 80 valence electrons. The predicted octanol–water partition coefficient (Wildman–Crippen LogP) is 0.360. The molecule has 0 saturated heterocycles. The number of rotatable bonds is 4. The molecule has 0 radical (unpaired) electrons. The first kappa shape index (κ1) is 11.0. The van der Waals surface area contributed by atoms with Crippen LogP contribution in [-0.2, 0) is 16.1 Å². The van der Waals surface area contributed by atoms with Crippen molar-refractivity contribution in [1.82, 2.24) is 5.32 Å². The van der Waals surface area contributed by atoms with Gasteiger partial charge in [0.25, 0.3) is 0 Å². The number of nitrogens with one attached hydrogen (secondary N) is 1. The third kappa shape index (κ3) is 4.12. The minimum Gasteiger partial charge on any atom is -0.481 e. The molecule has 0 unspecified atom stereocenters. The minimum atomic E-state index is -1.13. The van der Waals surface area contributed by atoms with Gasteiger partial charge in [0, 0.05) is 12.2 Å². The maximum Gasteiger partial charge on any atom is 0.312 e. The molecule has 0 saturated carbocycles. The van der Waals surface area contributed by atoms with Crippen LogP contribution >= 0.6 is 0 Å². The van der Waals surface area contributed by atoms with Crippen LogP contribution in [0.3, 0.4) is 0 Å². The lowest BCUT2D eigenvalue weighted by atomic mass is 10.2. The molecule has 5 nitrogen and oxygen atoms in total. The third-order valence-electron chi connectivity index (χ3n) is 1.78. The molecule has 0 spiro atoms. The molecule has 4 N–H and O–H groups in total. The van der Waals surface area contributed by atoms with E-state index in [9.17, 15) is 9.59 Å². The van der Waals surface area contributed by atoms with Crippen molar-refractivity contribution in [2.75, 3.05) is 5.73 Å². The number of carboxylic acid groups (broad SMARTS) is 1. The van der Waals surface area contributed by atoms with Gasteiger partial charge in [-0.25, -0.2) is 0 Å². The van der Waals surface area contributed by atoms with Crippen molar-refractivity contribution in [3.8, 4) is 0 Å². The van der Waals surface area contributed by atoms with Gasteiger partial charge < -0.3 is 16.2 Å². The number of carbonyl (C=O) groups excluding carboxylic acids is 1. The average molecular weight is 208 g/mol. The summed E-state index contributed by atoms with van der Waals surface area (Å²) in [6.07, 6.45) is -0.505. The summed E-state index contributed by atoms with van der Waals surface area (Å²) < 4.78 is 0. The van der Waals surface area contributed by atoms with Crippen LogP contribution in [0.2, 0.25) is 0 Å². The van der Waals surface area contributed by atoms with Gasteiger partial charge in [-0.15, -0.1) is 0 Å². The van der Waals surface area contributed by atoms with Gasteiger partial charge >= 0.3 is 5.97 Å². The number of carboxylic acids is 1. The van der Waals surface area contributed by atoms with Crippen LogP contribution in [0.15, 0.2) is 24.3 Å². The zero-order valence-corrected chi connectivity index (χ0v) is 8.06.